The van der Waals surface area contributed by atoms with Crippen molar-refractivity contribution in [1.82, 2.24) is 10.2 Å². The molecule has 1 saturated heterocycles. The minimum atomic E-state index is -0.150. The molecule has 0 atom stereocenters. The number of aryl methyl sites for hydroxylation is 1. The fraction of sp³-hybridized carbons (Fsp3) is 0.611. The standard InChI is InChI=1S/C16H25N3O3.C2H6/c1-13-10-14(16(22)19(6-8-20)7-9-21)12-15(11-13)18-4-2-17-3-5-18;1-2/h10-12,17,20-21H,2-9H2,1H3;1-2H3. The molecule has 1 heterocycles. The van der Waals surface area contributed by atoms with Crippen molar-refractivity contribution < 1.29 is 15.0 Å². The molecular formula is C18H31N3O3. The van der Waals surface area contributed by atoms with E-state index in [2.05, 4.69) is 16.3 Å². The topological polar surface area (TPSA) is 76.0 Å². The van der Waals surface area contributed by atoms with Crippen molar-refractivity contribution in [3.8, 4) is 0 Å². The van der Waals surface area contributed by atoms with Gasteiger partial charge in [0, 0.05) is 50.5 Å². The second kappa shape index (κ2) is 11.0. The lowest BCUT2D eigenvalue weighted by molar-refractivity contribution is 0.0685. The first-order valence-corrected chi connectivity index (χ1v) is 8.74. The number of hydrogen-bond donors (Lipinski definition) is 3. The third-order valence-corrected chi connectivity index (χ3v) is 3.82. The minimum absolute atomic E-state index is 0.109. The van der Waals surface area contributed by atoms with Crippen LogP contribution in [-0.4, -0.2) is 73.5 Å². The normalized spacial score (nSPS) is 14.0. The molecule has 1 fully saturated rings. The first-order chi connectivity index (χ1) is 11.7. The van der Waals surface area contributed by atoms with E-state index in [1.807, 2.05) is 32.9 Å². The highest BCUT2D eigenvalue weighted by Gasteiger charge is 2.18. The third kappa shape index (κ3) is 5.78. The van der Waals surface area contributed by atoms with Crippen molar-refractivity contribution >= 4 is 11.6 Å². The van der Waals surface area contributed by atoms with Crippen LogP contribution in [0.5, 0.6) is 0 Å². The Kier molecular flexibility index (Phi) is 9.37. The monoisotopic (exact) mass is 337 g/mol. The highest BCUT2D eigenvalue weighted by atomic mass is 16.3. The highest BCUT2D eigenvalue weighted by molar-refractivity contribution is 5.95. The van der Waals surface area contributed by atoms with E-state index in [9.17, 15) is 4.79 Å². The Morgan fingerprint density at radius 3 is 2.25 bits per heavy atom. The lowest BCUT2D eigenvalue weighted by atomic mass is 10.1. The van der Waals surface area contributed by atoms with Crippen LogP contribution in [0.3, 0.4) is 0 Å². The molecule has 0 saturated carbocycles. The second-order valence-electron chi connectivity index (χ2n) is 5.53. The Morgan fingerprint density at radius 1 is 1.12 bits per heavy atom. The maximum Gasteiger partial charge on any atom is 0.254 e. The Bertz CT molecular complexity index is 496. The molecule has 0 bridgehead atoms. The van der Waals surface area contributed by atoms with Gasteiger partial charge in [-0.3, -0.25) is 4.79 Å². The molecule has 136 valence electrons. The van der Waals surface area contributed by atoms with Gasteiger partial charge in [-0.25, -0.2) is 0 Å². The predicted molar refractivity (Wildman–Crippen MR) is 97.7 cm³/mol. The van der Waals surface area contributed by atoms with E-state index in [1.165, 1.54) is 4.90 Å². The molecule has 0 aromatic heterocycles. The number of aliphatic hydroxyl groups excluding tert-OH is 2. The highest BCUT2D eigenvalue weighted by Crippen LogP contribution is 2.20. The summed E-state index contributed by atoms with van der Waals surface area (Å²) in [6, 6.07) is 5.85. The molecule has 1 aromatic carbocycles. The maximum absolute atomic E-state index is 12.6. The van der Waals surface area contributed by atoms with E-state index < -0.39 is 0 Å². The Balaban J connectivity index is 0.00000139. The van der Waals surface area contributed by atoms with Gasteiger partial charge < -0.3 is 25.3 Å². The summed E-state index contributed by atoms with van der Waals surface area (Å²) < 4.78 is 0. The largest absolute Gasteiger partial charge is 0.395 e. The Morgan fingerprint density at radius 2 is 1.71 bits per heavy atom. The summed E-state index contributed by atoms with van der Waals surface area (Å²) in [4.78, 5) is 16.3. The number of benzene rings is 1. The Hall–Kier alpha value is -1.63. The minimum Gasteiger partial charge on any atom is -0.395 e. The van der Waals surface area contributed by atoms with Gasteiger partial charge in [-0.05, 0) is 30.7 Å². The molecule has 24 heavy (non-hydrogen) atoms. The van der Waals surface area contributed by atoms with E-state index in [0.29, 0.717) is 5.56 Å². The van der Waals surface area contributed by atoms with Crippen molar-refractivity contribution in [2.75, 3.05) is 57.4 Å². The summed E-state index contributed by atoms with van der Waals surface area (Å²) in [6.07, 6.45) is 0. The van der Waals surface area contributed by atoms with Crippen molar-refractivity contribution in [1.29, 1.82) is 0 Å². The van der Waals surface area contributed by atoms with Gasteiger partial charge in [-0.1, -0.05) is 13.8 Å². The van der Waals surface area contributed by atoms with Crippen LogP contribution in [0.15, 0.2) is 18.2 Å². The zero-order valence-electron chi connectivity index (χ0n) is 15.1. The second-order valence-corrected chi connectivity index (χ2v) is 5.53. The average Bonchev–Trinajstić information content (AvgIpc) is 2.63. The van der Waals surface area contributed by atoms with Crippen molar-refractivity contribution in [3.63, 3.8) is 0 Å². The van der Waals surface area contributed by atoms with Gasteiger partial charge in [0.25, 0.3) is 5.91 Å². The molecule has 0 aliphatic carbocycles. The lowest BCUT2D eigenvalue weighted by Crippen LogP contribution is -2.43. The van der Waals surface area contributed by atoms with Gasteiger partial charge in [0.2, 0.25) is 0 Å². The van der Waals surface area contributed by atoms with Gasteiger partial charge >= 0.3 is 0 Å². The molecule has 0 unspecified atom stereocenters. The van der Waals surface area contributed by atoms with E-state index in [0.717, 1.165) is 37.4 Å². The number of carbonyl (C=O) groups is 1. The van der Waals surface area contributed by atoms with Crippen LogP contribution >= 0.6 is 0 Å². The third-order valence-electron chi connectivity index (χ3n) is 3.82. The van der Waals surface area contributed by atoms with Crippen LogP contribution in [0.2, 0.25) is 0 Å². The number of carbonyl (C=O) groups excluding carboxylic acids is 1. The van der Waals surface area contributed by atoms with Gasteiger partial charge in [0.1, 0.15) is 0 Å². The van der Waals surface area contributed by atoms with Crippen LogP contribution < -0.4 is 10.2 Å². The lowest BCUT2D eigenvalue weighted by Gasteiger charge is -2.30. The molecule has 0 radical (unpaired) electrons. The van der Waals surface area contributed by atoms with Crippen LogP contribution in [0.4, 0.5) is 5.69 Å². The summed E-state index contributed by atoms with van der Waals surface area (Å²) in [7, 11) is 0. The predicted octanol–water partition coefficient (Wildman–Crippen LogP) is 0.858. The van der Waals surface area contributed by atoms with Crippen LogP contribution in [0.25, 0.3) is 0 Å². The fourth-order valence-corrected chi connectivity index (χ4v) is 2.73. The SMILES string of the molecule is CC.Cc1cc(C(=O)N(CCO)CCO)cc(N2CCNCC2)c1. The molecule has 1 aliphatic rings. The van der Waals surface area contributed by atoms with Crippen LogP contribution in [0.1, 0.15) is 29.8 Å². The van der Waals surface area contributed by atoms with E-state index in [1.54, 1.807) is 0 Å². The summed E-state index contributed by atoms with van der Waals surface area (Å²) in [5.74, 6) is -0.150. The quantitative estimate of drug-likeness (QED) is 0.718. The van der Waals surface area contributed by atoms with E-state index >= 15 is 0 Å². The molecule has 1 amide bonds. The average molecular weight is 337 g/mol. The molecule has 2 rings (SSSR count). The van der Waals surface area contributed by atoms with Gasteiger partial charge in [0.15, 0.2) is 0 Å². The number of nitrogens with one attached hydrogen (secondary N) is 1. The van der Waals surface area contributed by atoms with Gasteiger partial charge in [0.05, 0.1) is 13.2 Å². The molecule has 1 aliphatic heterocycles. The number of hydrogen-bond acceptors (Lipinski definition) is 5. The van der Waals surface area contributed by atoms with E-state index in [4.69, 9.17) is 10.2 Å². The summed E-state index contributed by atoms with van der Waals surface area (Å²) >= 11 is 0. The van der Waals surface area contributed by atoms with Gasteiger partial charge in [-0.15, -0.1) is 0 Å². The smallest absolute Gasteiger partial charge is 0.254 e. The fourth-order valence-electron chi connectivity index (χ4n) is 2.73. The van der Waals surface area contributed by atoms with Gasteiger partial charge in [-0.2, -0.15) is 0 Å². The van der Waals surface area contributed by atoms with E-state index in [-0.39, 0.29) is 32.2 Å². The molecular weight excluding hydrogens is 306 g/mol. The zero-order valence-corrected chi connectivity index (χ0v) is 15.1. The number of aliphatic hydroxyl groups is 2. The van der Waals surface area contributed by atoms with Crippen molar-refractivity contribution in [2.45, 2.75) is 20.8 Å². The molecule has 6 heteroatoms. The molecule has 1 aromatic rings. The number of rotatable bonds is 6. The number of nitrogens with zero attached hydrogens (tertiary/aromatic N) is 2. The van der Waals surface area contributed by atoms with Crippen molar-refractivity contribution in [2.24, 2.45) is 0 Å². The molecule has 0 spiro atoms. The maximum atomic E-state index is 12.6. The zero-order chi connectivity index (χ0) is 17.9. The van der Waals surface area contributed by atoms with Crippen molar-refractivity contribution in [3.05, 3.63) is 29.3 Å². The molecule has 6 nitrogen and oxygen atoms in total. The number of piperazine rings is 1. The summed E-state index contributed by atoms with van der Waals surface area (Å²) in [5, 5.41) is 21.5. The summed E-state index contributed by atoms with van der Waals surface area (Å²) in [5.41, 5.74) is 2.69. The number of amides is 1. The summed E-state index contributed by atoms with van der Waals surface area (Å²) in [6.45, 7) is 9.96. The molecule has 3 N–H and O–H groups in total. The number of anilines is 1. The Labute approximate surface area is 145 Å². The first-order valence-electron chi connectivity index (χ1n) is 8.74. The first kappa shape index (κ1) is 20.4. The van der Waals surface area contributed by atoms with Crippen LogP contribution in [0, 0.1) is 6.92 Å². The van der Waals surface area contributed by atoms with Crippen LogP contribution in [-0.2, 0) is 0 Å².